The lowest BCUT2D eigenvalue weighted by molar-refractivity contribution is 0.489. The highest BCUT2D eigenvalue weighted by Gasteiger charge is 2.16. The van der Waals surface area contributed by atoms with Gasteiger partial charge in [-0.05, 0) is 78.4 Å². The van der Waals surface area contributed by atoms with Crippen LogP contribution in [0.3, 0.4) is 0 Å². The third-order valence-corrected chi connectivity index (χ3v) is 7.84. The quantitative estimate of drug-likeness (QED) is 0.209. The van der Waals surface area contributed by atoms with Gasteiger partial charge in [0.15, 0.2) is 5.65 Å². The van der Waals surface area contributed by atoms with Gasteiger partial charge in [0.1, 0.15) is 5.82 Å². The van der Waals surface area contributed by atoms with E-state index in [0.717, 1.165) is 68.9 Å². The zero-order valence-corrected chi connectivity index (χ0v) is 21.5. The summed E-state index contributed by atoms with van der Waals surface area (Å²) in [5.41, 5.74) is 8.39. The summed E-state index contributed by atoms with van der Waals surface area (Å²) in [7, 11) is 0. The van der Waals surface area contributed by atoms with Crippen molar-refractivity contribution in [3.63, 3.8) is 0 Å². The average molecular weight is 517 g/mol. The summed E-state index contributed by atoms with van der Waals surface area (Å²) in [5.74, 6) is 0.559. The van der Waals surface area contributed by atoms with E-state index in [4.69, 9.17) is 0 Å². The number of rotatable bonds is 7. The van der Waals surface area contributed by atoms with Crippen molar-refractivity contribution in [2.24, 2.45) is 5.92 Å². The second kappa shape index (κ2) is 10.1. The summed E-state index contributed by atoms with van der Waals surface area (Å²) in [5, 5.41) is 13.2. The molecule has 0 spiro atoms. The van der Waals surface area contributed by atoms with Gasteiger partial charge in [0.2, 0.25) is 0 Å². The standard InChI is InChI=1S/C32H29FN6/c33-25-8-3-7-22(12-25)26-9-4-10-29-27(26)14-30(37-29)31-28-13-24(19-36-32(28)39-38-31)23-11-21(17-35-18-23)16-34-15-20-5-1-2-6-20/h3-4,7-14,17-20,34,37H,1-2,5-6,15-16H2,(H,36,38,39). The van der Waals surface area contributed by atoms with Gasteiger partial charge >= 0.3 is 0 Å². The molecule has 0 aliphatic heterocycles. The van der Waals surface area contributed by atoms with Crippen LogP contribution in [0.1, 0.15) is 31.2 Å². The number of fused-ring (bicyclic) bond motifs is 2. The first-order chi connectivity index (χ1) is 19.2. The first kappa shape index (κ1) is 23.7. The summed E-state index contributed by atoms with van der Waals surface area (Å²) >= 11 is 0. The number of hydrogen-bond acceptors (Lipinski definition) is 4. The first-order valence-corrected chi connectivity index (χ1v) is 13.6. The van der Waals surface area contributed by atoms with E-state index < -0.39 is 0 Å². The van der Waals surface area contributed by atoms with Crippen molar-refractivity contribution >= 4 is 21.9 Å². The number of nitrogens with zero attached hydrogens (tertiary/aromatic N) is 3. The number of aromatic nitrogens is 5. The zero-order chi connectivity index (χ0) is 26.2. The summed E-state index contributed by atoms with van der Waals surface area (Å²) in [6.07, 6.45) is 11.1. The SMILES string of the molecule is Fc1cccc(-c2cccc3[nH]c(-c4[nH]nc5ncc(-c6cncc(CNCC7CCCC7)c6)cc45)cc23)c1. The lowest BCUT2D eigenvalue weighted by Gasteiger charge is -2.11. The molecule has 1 saturated carbocycles. The predicted molar refractivity (Wildman–Crippen MR) is 153 cm³/mol. The van der Waals surface area contributed by atoms with E-state index in [2.05, 4.69) is 48.7 Å². The molecule has 2 aromatic carbocycles. The van der Waals surface area contributed by atoms with Crippen LogP contribution < -0.4 is 5.32 Å². The molecule has 6 aromatic rings. The molecule has 3 N–H and O–H groups in total. The monoisotopic (exact) mass is 516 g/mol. The fourth-order valence-electron chi connectivity index (χ4n) is 5.84. The van der Waals surface area contributed by atoms with E-state index >= 15 is 0 Å². The van der Waals surface area contributed by atoms with Gasteiger partial charge in [0.05, 0.1) is 11.4 Å². The van der Waals surface area contributed by atoms with Gasteiger partial charge in [-0.15, -0.1) is 0 Å². The number of benzene rings is 2. The lowest BCUT2D eigenvalue weighted by Crippen LogP contribution is -2.20. The average Bonchev–Trinajstić information content (AvgIpc) is 3.72. The van der Waals surface area contributed by atoms with Crippen LogP contribution in [-0.4, -0.2) is 31.7 Å². The van der Waals surface area contributed by atoms with Gasteiger partial charge in [-0.1, -0.05) is 37.1 Å². The fourth-order valence-corrected chi connectivity index (χ4v) is 5.84. The van der Waals surface area contributed by atoms with Gasteiger partial charge in [-0.2, -0.15) is 5.10 Å². The Balaban J connectivity index is 1.20. The first-order valence-electron chi connectivity index (χ1n) is 13.6. The number of H-pyrrole nitrogens is 2. The van der Waals surface area contributed by atoms with Crippen molar-refractivity contribution in [2.45, 2.75) is 32.2 Å². The topological polar surface area (TPSA) is 82.3 Å². The van der Waals surface area contributed by atoms with E-state index in [-0.39, 0.29) is 5.82 Å². The Kier molecular flexibility index (Phi) is 6.13. The molecule has 194 valence electrons. The molecule has 0 saturated heterocycles. The summed E-state index contributed by atoms with van der Waals surface area (Å²) in [6.45, 7) is 1.88. The molecule has 0 unspecified atom stereocenters. The largest absolute Gasteiger partial charge is 0.353 e. The van der Waals surface area contributed by atoms with E-state index in [1.54, 1.807) is 12.1 Å². The molecule has 0 atom stereocenters. The highest BCUT2D eigenvalue weighted by molar-refractivity contribution is 6.01. The van der Waals surface area contributed by atoms with Crippen LogP contribution in [0.2, 0.25) is 0 Å². The van der Waals surface area contributed by atoms with Gasteiger partial charge in [0, 0.05) is 52.6 Å². The Morgan fingerprint density at radius 3 is 2.64 bits per heavy atom. The molecule has 0 bridgehead atoms. The molecule has 0 amide bonds. The normalized spacial score (nSPS) is 14.1. The van der Waals surface area contributed by atoms with E-state index in [1.165, 1.54) is 37.3 Å². The van der Waals surface area contributed by atoms with E-state index in [9.17, 15) is 4.39 Å². The molecule has 1 aliphatic carbocycles. The molecule has 7 rings (SSSR count). The number of hydrogen-bond donors (Lipinski definition) is 3. The van der Waals surface area contributed by atoms with Gasteiger partial charge in [-0.3, -0.25) is 10.1 Å². The van der Waals surface area contributed by atoms with Crippen LogP contribution in [0.4, 0.5) is 4.39 Å². The van der Waals surface area contributed by atoms with Crippen molar-refractivity contribution in [2.75, 3.05) is 6.54 Å². The minimum Gasteiger partial charge on any atom is -0.353 e. The van der Waals surface area contributed by atoms with E-state index in [1.807, 2.05) is 42.9 Å². The molecule has 0 radical (unpaired) electrons. The van der Waals surface area contributed by atoms with E-state index in [0.29, 0.717) is 5.65 Å². The van der Waals surface area contributed by atoms with Crippen molar-refractivity contribution in [1.82, 2.24) is 30.5 Å². The summed E-state index contributed by atoms with van der Waals surface area (Å²) in [6, 6.07) is 19.1. The molecule has 6 nitrogen and oxygen atoms in total. The second-order valence-electron chi connectivity index (χ2n) is 10.5. The highest BCUT2D eigenvalue weighted by Crippen LogP contribution is 2.35. The van der Waals surface area contributed by atoms with Crippen LogP contribution in [0.5, 0.6) is 0 Å². The van der Waals surface area contributed by atoms with Gasteiger partial charge in [0.25, 0.3) is 0 Å². The second-order valence-corrected chi connectivity index (χ2v) is 10.5. The molecule has 7 heteroatoms. The lowest BCUT2D eigenvalue weighted by atomic mass is 10.0. The smallest absolute Gasteiger partial charge is 0.181 e. The molecule has 1 fully saturated rings. The third kappa shape index (κ3) is 4.70. The molecular formula is C32H29FN6. The number of halogens is 1. The van der Waals surface area contributed by atoms with Crippen molar-refractivity contribution in [3.05, 3.63) is 90.6 Å². The Labute approximate surface area is 225 Å². The molecule has 4 aromatic heterocycles. The maximum Gasteiger partial charge on any atom is 0.181 e. The Morgan fingerprint density at radius 2 is 1.74 bits per heavy atom. The Bertz CT molecular complexity index is 1780. The number of aromatic amines is 2. The van der Waals surface area contributed by atoms with Crippen LogP contribution in [-0.2, 0) is 6.54 Å². The Morgan fingerprint density at radius 1 is 0.872 bits per heavy atom. The van der Waals surface area contributed by atoms with Gasteiger partial charge in [-0.25, -0.2) is 9.37 Å². The summed E-state index contributed by atoms with van der Waals surface area (Å²) in [4.78, 5) is 12.7. The van der Waals surface area contributed by atoms with Crippen molar-refractivity contribution in [3.8, 4) is 33.6 Å². The maximum atomic E-state index is 13.9. The Hall–Kier alpha value is -4.36. The highest BCUT2D eigenvalue weighted by atomic mass is 19.1. The van der Waals surface area contributed by atoms with Crippen LogP contribution in [0.15, 0.2) is 79.3 Å². The number of pyridine rings is 2. The van der Waals surface area contributed by atoms with Crippen molar-refractivity contribution in [1.29, 1.82) is 0 Å². The number of nitrogens with one attached hydrogen (secondary N) is 3. The maximum absolute atomic E-state index is 13.9. The minimum absolute atomic E-state index is 0.249. The predicted octanol–water partition coefficient (Wildman–Crippen LogP) is 7.25. The molecule has 39 heavy (non-hydrogen) atoms. The van der Waals surface area contributed by atoms with Crippen LogP contribution in [0, 0.1) is 11.7 Å². The molecule has 4 heterocycles. The van der Waals surface area contributed by atoms with Crippen molar-refractivity contribution < 1.29 is 4.39 Å². The van der Waals surface area contributed by atoms with Crippen LogP contribution in [0.25, 0.3) is 55.6 Å². The minimum atomic E-state index is -0.249. The van der Waals surface area contributed by atoms with Crippen LogP contribution >= 0.6 is 0 Å². The molecular weight excluding hydrogens is 487 g/mol. The molecule has 1 aliphatic rings. The fraction of sp³-hybridized carbons (Fsp3) is 0.219. The third-order valence-electron chi connectivity index (χ3n) is 7.84. The zero-order valence-electron chi connectivity index (χ0n) is 21.5. The summed E-state index contributed by atoms with van der Waals surface area (Å²) < 4.78 is 13.9. The van der Waals surface area contributed by atoms with Gasteiger partial charge < -0.3 is 10.3 Å².